The molecule has 2 aromatic rings. The molecular formula is C16H12BrN3O7. The van der Waals surface area contributed by atoms with Gasteiger partial charge in [0, 0.05) is 5.56 Å². The van der Waals surface area contributed by atoms with E-state index >= 15 is 0 Å². The van der Waals surface area contributed by atoms with E-state index in [-0.39, 0.29) is 33.7 Å². The second kappa shape index (κ2) is 7.79. The topological polar surface area (TPSA) is 176 Å². The molecule has 0 bridgehead atoms. The summed E-state index contributed by atoms with van der Waals surface area (Å²) in [7, 11) is 1.30. The molecule has 140 valence electrons. The van der Waals surface area contributed by atoms with Crippen molar-refractivity contribution in [1.82, 2.24) is 4.98 Å². The second-order valence-electron chi connectivity index (χ2n) is 5.04. The molecule has 11 heteroatoms. The highest BCUT2D eigenvalue weighted by atomic mass is 79.9. The van der Waals surface area contributed by atoms with Crippen LogP contribution in [0.5, 0.6) is 11.5 Å². The first-order chi connectivity index (χ1) is 12.7. The number of methoxy groups -OCH3 is 1. The monoisotopic (exact) mass is 437 g/mol. The van der Waals surface area contributed by atoms with E-state index in [4.69, 9.17) is 20.5 Å². The van der Waals surface area contributed by atoms with Crippen LogP contribution in [-0.2, 0) is 0 Å². The number of aromatic nitrogens is 1. The van der Waals surface area contributed by atoms with Crippen molar-refractivity contribution < 1.29 is 29.3 Å². The Bertz CT molecular complexity index is 1040. The number of carbonyl (C=O) groups is 2. The summed E-state index contributed by atoms with van der Waals surface area (Å²) < 4.78 is 10.7. The van der Waals surface area contributed by atoms with Crippen molar-refractivity contribution in [2.75, 3.05) is 19.5 Å². The zero-order chi connectivity index (χ0) is 20.3. The fraction of sp³-hybridized carbons (Fsp3) is 0.125. The van der Waals surface area contributed by atoms with Crippen molar-refractivity contribution in [3.8, 4) is 28.7 Å². The van der Waals surface area contributed by atoms with Gasteiger partial charge in [-0.15, -0.1) is 0 Å². The van der Waals surface area contributed by atoms with Crippen molar-refractivity contribution in [3.63, 3.8) is 0 Å². The van der Waals surface area contributed by atoms with Gasteiger partial charge in [-0.1, -0.05) is 0 Å². The van der Waals surface area contributed by atoms with Gasteiger partial charge >= 0.3 is 11.9 Å². The highest BCUT2D eigenvalue weighted by Crippen LogP contribution is 2.41. The molecule has 0 unspecified atom stereocenters. The highest BCUT2D eigenvalue weighted by molar-refractivity contribution is 9.10. The van der Waals surface area contributed by atoms with E-state index in [0.29, 0.717) is 0 Å². The van der Waals surface area contributed by atoms with E-state index in [1.165, 1.54) is 19.2 Å². The molecule has 0 atom stereocenters. The number of nitrogens with two attached hydrogens (primary N) is 1. The summed E-state index contributed by atoms with van der Waals surface area (Å²) in [5.41, 5.74) is 2.83. The van der Waals surface area contributed by atoms with Gasteiger partial charge in [-0.3, -0.25) is 4.79 Å². The molecule has 2 rings (SSSR count). The lowest BCUT2D eigenvalue weighted by Gasteiger charge is -2.16. The summed E-state index contributed by atoms with van der Waals surface area (Å²) in [4.78, 5) is 37.3. The number of hydrogen-bond donors (Lipinski definition) is 4. The standard InChI is InChI=1S/C16H12BrN3O7/c1-26-8-5-6(4-7(17)12(8)27-3-2-18)9-10(15(22)23)13(19)20-14(21)11(9)16(24)25/h4-5H,3H2,1H3,(H,22,23)(H,24,25)(H3,19,20,21). The van der Waals surface area contributed by atoms with Crippen molar-refractivity contribution in [2.45, 2.75) is 0 Å². The van der Waals surface area contributed by atoms with Crippen molar-refractivity contribution >= 4 is 33.7 Å². The number of halogens is 1. The van der Waals surface area contributed by atoms with Crippen LogP contribution in [0.15, 0.2) is 21.4 Å². The molecular weight excluding hydrogens is 426 g/mol. The number of pyridine rings is 1. The molecule has 1 heterocycles. The average molecular weight is 438 g/mol. The Morgan fingerprint density at radius 3 is 2.44 bits per heavy atom. The van der Waals surface area contributed by atoms with Crippen LogP contribution < -0.4 is 20.8 Å². The summed E-state index contributed by atoms with van der Waals surface area (Å²) >= 11 is 3.20. The lowest BCUT2D eigenvalue weighted by Crippen LogP contribution is -2.24. The third kappa shape index (κ3) is 3.70. The first-order valence-corrected chi connectivity index (χ1v) is 7.92. The number of nitrogen functional groups attached to an aromatic ring is 1. The van der Waals surface area contributed by atoms with Gasteiger partial charge in [0.25, 0.3) is 5.56 Å². The third-order valence-electron chi connectivity index (χ3n) is 3.47. The Morgan fingerprint density at radius 2 is 1.93 bits per heavy atom. The highest BCUT2D eigenvalue weighted by Gasteiger charge is 2.28. The molecule has 27 heavy (non-hydrogen) atoms. The largest absolute Gasteiger partial charge is 0.493 e. The number of aromatic carboxylic acids is 2. The van der Waals surface area contributed by atoms with Crippen LogP contribution in [0.25, 0.3) is 11.1 Å². The lowest BCUT2D eigenvalue weighted by molar-refractivity contribution is 0.0695. The first-order valence-electron chi connectivity index (χ1n) is 7.12. The van der Waals surface area contributed by atoms with E-state index in [1.54, 1.807) is 6.07 Å². The molecule has 1 aromatic heterocycles. The van der Waals surface area contributed by atoms with Gasteiger partial charge in [-0.05, 0) is 33.6 Å². The maximum absolute atomic E-state index is 12.1. The van der Waals surface area contributed by atoms with Crippen LogP contribution >= 0.6 is 15.9 Å². The minimum Gasteiger partial charge on any atom is -0.493 e. The normalized spacial score (nSPS) is 10.1. The van der Waals surface area contributed by atoms with E-state index in [1.807, 2.05) is 4.98 Å². The molecule has 10 nitrogen and oxygen atoms in total. The van der Waals surface area contributed by atoms with Crippen LogP contribution in [0.4, 0.5) is 5.82 Å². The maximum atomic E-state index is 12.1. The van der Waals surface area contributed by atoms with E-state index < -0.39 is 34.4 Å². The van der Waals surface area contributed by atoms with Gasteiger partial charge in [-0.25, -0.2) is 9.59 Å². The smallest absolute Gasteiger partial charge is 0.342 e. The number of carboxylic acids is 2. The zero-order valence-electron chi connectivity index (χ0n) is 13.7. The molecule has 0 amide bonds. The number of carboxylic acid groups (broad SMARTS) is 2. The van der Waals surface area contributed by atoms with Crippen molar-refractivity contribution in [1.29, 1.82) is 5.26 Å². The summed E-state index contributed by atoms with van der Waals surface area (Å²) in [6, 6.07) is 4.41. The first kappa shape index (κ1) is 19.8. The number of nitrogens with one attached hydrogen (secondary N) is 1. The zero-order valence-corrected chi connectivity index (χ0v) is 15.3. The lowest BCUT2D eigenvalue weighted by atomic mass is 9.95. The number of benzene rings is 1. The van der Waals surface area contributed by atoms with Gasteiger partial charge < -0.3 is 30.4 Å². The molecule has 0 aliphatic rings. The quantitative estimate of drug-likeness (QED) is 0.523. The molecule has 0 saturated heterocycles. The molecule has 0 radical (unpaired) electrons. The molecule has 0 spiro atoms. The van der Waals surface area contributed by atoms with E-state index in [2.05, 4.69) is 15.9 Å². The Morgan fingerprint density at radius 1 is 1.30 bits per heavy atom. The van der Waals surface area contributed by atoms with Crippen LogP contribution in [0.2, 0.25) is 0 Å². The van der Waals surface area contributed by atoms with Crippen LogP contribution in [0, 0.1) is 11.3 Å². The van der Waals surface area contributed by atoms with Gasteiger partial charge in [0.15, 0.2) is 18.1 Å². The number of hydrogen-bond acceptors (Lipinski definition) is 7. The van der Waals surface area contributed by atoms with Gasteiger partial charge in [0.2, 0.25) is 0 Å². The molecule has 1 aromatic carbocycles. The Kier molecular flexibility index (Phi) is 5.72. The van der Waals surface area contributed by atoms with Gasteiger partial charge in [0.1, 0.15) is 23.0 Å². The molecule has 5 N–H and O–H groups in total. The predicted octanol–water partition coefficient (Wildman–Crippen LogP) is 1.69. The summed E-state index contributed by atoms with van der Waals surface area (Å²) in [6.07, 6.45) is 0. The summed E-state index contributed by atoms with van der Waals surface area (Å²) in [5, 5.41) is 27.5. The van der Waals surface area contributed by atoms with Crippen LogP contribution in [0.1, 0.15) is 20.7 Å². The van der Waals surface area contributed by atoms with E-state index in [9.17, 15) is 24.6 Å². The van der Waals surface area contributed by atoms with Crippen molar-refractivity contribution in [3.05, 3.63) is 38.1 Å². The van der Waals surface area contributed by atoms with E-state index in [0.717, 1.165) is 0 Å². The average Bonchev–Trinajstić information content (AvgIpc) is 2.58. The van der Waals surface area contributed by atoms with Crippen molar-refractivity contribution in [2.24, 2.45) is 0 Å². The molecule has 0 saturated carbocycles. The molecule has 0 fully saturated rings. The maximum Gasteiger partial charge on any atom is 0.342 e. The number of nitriles is 1. The summed E-state index contributed by atoms with van der Waals surface area (Å²) in [6.45, 7) is -0.285. The van der Waals surface area contributed by atoms with Crippen LogP contribution in [0.3, 0.4) is 0 Å². The Labute approximate surface area is 159 Å². The fourth-order valence-electron chi connectivity index (χ4n) is 2.44. The number of anilines is 1. The SMILES string of the molecule is COc1cc(-c2c(C(=O)O)c(N)[nH]c(=O)c2C(=O)O)cc(Br)c1OCC#N. The Hall–Kier alpha value is -3.52. The minimum absolute atomic E-state index is 0.0376. The summed E-state index contributed by atoms with van der Waals surface area (Å²) in [5.74, 6) is -3.42. The minimum atomic E-state index is -1.63. The molecule has 0 aliphatic heterocycles. The number of rotatable bonds is 6. The number of H-pyrrole nitrogens is 1. The Balaban J connectivity index is 2.91. The fourth-order valence-corrected chi connectivity index (χ4v) is 3.00. The number of nitrogens with zero attached hydrogens (tertiary/aromatic N) is 1. The van der Waals surface area contributed by atoms with Gasteiger partial charge in [0.05, 0.1) is 11.6 Å². The predicted molar refractivity (Wildman–Crippen MR) is 96.2 cm³/mol. The number of aromatic amines is 1. The second-order valence-corrected chi connectivity index (χ2v) is 5.89. The number of ether oxygens (including phenoxy) is 2. The van der Waals surface area contributed by atoms with Crippen LogP contribution in [-0.4, -0.2) is 40.9 Å². The van der Waals surface area contributed by atoms with Gasteiger partial charge in [-0.2, -0.15) is 5.26 Å². The third-order valence-corrected chi connectivity index (χ3v) is 4.06. The molecule has 0 aliphatic carbocycles.